The molecule has 3 aromatic rings. The molecular formula is C15H11FN4O4S. The van der Waals surface area contributed by atoms with Crippen LogP contribution in [-0.4, -0.2) is 21.3 Å². The van der Waals surface area contributed by atoms with Gasteiger partial charge in [-0.05, 0) is 25.0 Å². The first kappa shape index (κ1) is 15.5. The SMILES string of the molecule is NC(=O)Oc1ccc(Oc2nc(-c3nnc(C4CC4)o3)cs2)cc1F. The molecule has 2 N–H and O–H groups in total. The number of benzene rings is 1. The van der Waals surface area contributed by atoms with Crippen LogP contribution in [0.5, 0.6) is 16.7 Å². The molecule has 2 heterocycles. The van der Waals surface area contributed by atoms with E-state index in [1.54, 1.807) is 5.38 Å². The van der Waals surface area contributed by atoms with Crippen molar-refractivity contribution in [2.24, 2.45) is 5.73 Å². The van der Waals surface area contributed by atoms with Crippen molar-refractivity contribution in [1.82, 2.24) is 15.2 Å². The van der Waals surface area contributed by atoms with E-state index in [0.717, 1.165) is 18.9 Å². The van der Waals surface area contributed by atoms with Crippen LogP contribution in [0.1, 0.15) is 24.7 Å². The average molecular weight is 362 g/mol. The van der Waals surface area contributed by atoms with E-state index in [-0.39, 0.29) is 16.7 Å². The number of carbonyl (C=O) groups excluding carboxylic acids is 1. The van der Waals surface area contributed by atoms with Crippen molar-refractivity contribution in [2.75, 3.05) is 0 Å². The molecule has 1 saturated carbocycles. The Labute approximate surface area is 144 Å². The molecule has 0 bridgehead atoms. The van der Waals surface area contributed by atoms with Crippen LogP contribution >= 0.6 is 11.3 Å². The Kier molecular flexibility index (Phi) is 3.80. The van der Waals surface area contributed by atoms with Crippen LogP contribution in [0.15, 0.2) is 28.0 Å². The average Bonchev–Trinajstić information content (AvgIpc) is 3.12. The number of halogens is 1. The maximum absolute atomic E-state index is 13.8. The van der Waals surface area contributed by atoms with E-state index in [4.69, 9.17) is 14.9 Å². The van der Waals surface area contributed by atoms with Crippen LogP contribution in [0.3, 0.4) is 0 Å². The second-order valence-electron chi connectivity index (χ2n) is 5.33. The molecule has 4 rings (SSSR count). The number of ether oxygens (including phenoxy) is 2. The molecule has 1 amide bonds. The van der Waals surface area contributed by atoms with Gasteiger partial charge in [0, 0.05) is 17.4 Å². The van der Waals surface area contributed by atoms with Crippen LogP contribution in [-0.2, 0) is 0 Å². The van der Waals surface area contributed by atoms with Gasteiger partial charge in [0.15, 0.2) is 11.6 Å². The fourth-order valence-electron chi connectivity index (χ4n) is 2.07. The maximum atomic E-state index is 13.8. The van der Waals surface area contributed by atoms with Gasteiger partial charge in [-0.3, -0.25) is 0 Å². The standard InChI is InChI=1S/C15H11FN4O4S/c16-9-5-8(3-4-11(9)23-14(17)21)22-15-18-10(6-25-15)13-20-19-12(24-13)7-1-2-7/h3-7H,1-2H2,(H2,17,21). The third-order valence-electron chi connectivity index (χ3n) is 3.39. The summed E-state index contributed by atoms with van der Waals surface area (Å²) in [6.07, 6.45) is 1.03. The van der Waals surface area contributed by atoms with Gasteiger partial charge < -0.3 is 19.6 Å². The fraction of sp³-hybridized carbons (Fsp3) is 0.200. The number of primary amides is 1. The fourth-order valence-corrected chi connectivity index (χ4v) is 2.73. The number of rotatable bonds is 5. The topological polar surface area (TPSA) is 113 Å². The molecule has 0 unspecified atom stereocenters. The van der Waals surface area contributed by atoms with Gasteiger partial charge in [-0.25, -0.2) is 9.18 Å². The Morgan fingerprint density at radius 3 is 2.92 bits per heavy atom. The van der Waals surface area contributed by atoms with Crippen LogP contribution in [0, 0.1) is 5.82 Å². The lowest BCUT2D eigenvalue weighted by Gasteiger charge is -2.05. The van der Waals surface area contributed by atoms with Gasteiger partial charge in [-0.2, -0.15) is 4.98 Å². The van der Waals surface area contributed by atoms with E-state index < -0.39 is 11.9 Å². The smallest absolute Gasteiger partial charge is 0.410 e. The molecule has 0 spiro atoms. The highest BCUT2D eigenvalue weighted by Gasteiger charge is 2.29. The molecule has 0 saturated heterocycles. The molecule has 8 nitrogen and oxygen atoms in total. The zero-order valence-electron chi connectivity index (χ0n) is 12.6. The summed E-state index contributed by atoms with van der Waals surface area (Å²) in [5.74, 6) is 0.443. The van der Waals surface area contributed by atoms with E-state index in [0.29, 0.717) is 23.4 Å². The second-order valence-corrected chi connectivity index (χ2v) is 6.15. The van der Waals surface area contributed by atoms with Crippen LogP contribution in [0.2, 0.25) is 0 Å². The number of thiazole rings is 1. The van der Waals surface area contributed by atoms with Gasteiger partial charge >= 0.3 is 6.09 Å². The molecule has 10 heteroatoms. The molecule has 0 aliphatic heterocycles. The minimum Gasteiger partial charge on any atom is -0.431 e. The van der Waals surface area contributed by atoms with E-state index >= 15 is 0 Å². The summed E-state index contributed by atoms with van der Waals surface area (Å²) in [4.78, 5) is 14.9. The second kappa shape index (κ2) is 6.13. The van der Waals surface area contributed by atoms with Crippen molar-refractivity contribution in [3.63, 3.8) is 0 Å². The van der Waals surface area contributed by atoms with Gasteiger partial charge in [0.1, 0.15) is 11.4 Å². The highest BCUT2D eigenvalue weighted by atomic mass is 32.1. The van der Waals surface area contributed by atoms with Gasteiger partial charge in [-0.1, -0.05) is 11.3 Å². The number of nitrogens with zero attached hydrogens (tertiary/aromatic N) is 3. The van der Waals surface area contributed by atoms with Gasteiger partial charge in [0.2, 0.25) is 5.89 Å². The summed E-state index contributed by atoms with van der Waals surface area (Å²) < 4.78 is 29.4. The van der Waals surface area contributed by atoms with Crippen LogP contribution in [0.4, 0.5) is 9.18 Å². The van der Waals surface area contributed by atoms with Gasteiger partial charge in [0.05, 0.1) is 0 Å². The molecule has 0 atom stereocenters. The monoisotopic (exact) mass is 362 g/mol. The number of nitrogens with two attached hydrogens (primary N) is 1. The van der Waals surface area contributed by atoms with Crippen molar-refractivity contribution in [3.05, 3.63) is 35.3 Å². The third kappa shape index (κ3) is 3.43. The van der Waals surface area contributed by atoms with Gasteiger partial charge in [0.25, 0.3) is 11.1 Å². The van der Waals surface area contributed by atoms with Crippen molar-refractivity contribution in [1.29, 1.82) is 0 Å². The van der Waals surface area contributed by atoms with Crippen molar-refractivity contribution in [2.45, 2.75) is 18.8 Å². The molecule has 1 aliphatic carbocycles. The quantitative estimate of drug-likeness (QED) is 0.739. The van der Waals surface area contributed by atoms with E-state index in [1.165, 1.54) is 23.5 Å². The summed E-state index contributed by atoms with van der Waals surface area (Å²) >= 11 is 1.20. The zero-order valence-corrected chi connectivity index (χ0v) is 13.5. The van der Waals surface area contributed by atoms with Crippen molar-refractivity contribution in [3.8, 4) is 28.3 Å². The lowest BCUT2D eigenvalue weighted by atomic mass is 10.3. The lowest BCUT2D eigenvalue weighted by molar-refractivity contribution is 0.208. The summed E-state index contributed by atoms with van der Waals surface area (Å²) in [6.45, 7) is 0. The van der Waals surface area contributed by atoms with Crippen molar-refractivity contribution < 1.29 is 23.1 Å². The Hall–Kier alpha value is -3.01. The van der Waals surface area contributed by atoms with Crippen LogP contribution in [0.25, 0.3) is 11.6 Å². The largest absolute Gasteiger partial charge is 0.431 e. The molecule has 2 aromatic heterocycles. The Bertz CT molecular complexity index is 937. The predicted octanol–water partition coefficient (Wildman–Crippen LogP) is 3.46. The first-order chi connectivity index (χ1) is 12.1. The zero-order chi connectivity index (χ0) is 17.4. The number of hydrogen-bond acceptors (Lipinski definition) is 8. The summed E-state index contributed by atoms with van der Waals surface area (Å²) in [5.41, 5.74) is 5.34. The first-order valence-corrected chi connectivity index (χ1v) is 8.20. The van der Waals surface area contributed by atoms with Crippen LogP contribution < -0.4 is 15.2 Å². The minimum atomic E-state index is -1.10. The molecule has 1 aromatic carbocycles. The molecule has 1 aliphatic rings. The molecule has 25 heavy (non-hydrogen) atoms. The first-order valence-electron chi connectivity index (χ1n) is 7.32. The molecule has 1 fully saturated rings. The normalized spacial score (nSPS) is 13.6. The molecule has 0 radical (unpaired) electrons. The number of hydrogen-bond donors (Lipinski definition) is 1. The number of carbonyl (C=O) groups is 1. The number of aromatic nitrogens is 3. The van der Waals surface area contributed by atoms with E-state index in [2.05, 4.69) is 19.9 Å². The Morgan fingerprint density at radius 1 is 1.36 bits per heavy atom. The van der Waals surface area contributed by atoms with E-state index in [9.17, 15) is 9.18 Å². The summed E-state index contributed by atoms with van der Waals surface area (Å²) in [7, 11) is 0. The lowest BCUT2D eigenvalue weighted by Crippen LogP contribution is -2.16. The Morgan fingerprint density at radius 2 is 2.20 bits per heavy atom. The third-order valence-corrected chi connectivity index (χ3v) is 4.11. The molecule has 128 valence electrons. The molecular weight excluding hydrogens is 351 g/mol. The summed E-state index contributed by atoms with van der Waals surface area (Å²) in [5, 5.41) is 9.96. The van der Waals surface area contributed by atoms with E-state index in [1.807, 2.05) is 0 Å². The summed E-state index contributed by atoms with van der Waals surface area (Å²) in [6, 6.07) is 3.74. The van der Waals surface area contributed by atoms with Crippen molar-refractivity contribution >= 4 is 17.4 Å². The van der Waals surface area contributed by atoms with Gasteiger partial charge in [-0.15, -0.1) is 10.2 Å². The maximum Gasteiger partial charge on any atom is 0.410 e. The Balaban J connectivity index is 1.48. The predicted molar refractivity (Wildman–Crippen MR) is 84.1 cm³/mol. The minimum absolute atomic E-state index is 0.194. The highest BCUT2D eigenvalue weighted by molar-refractivity contribution is 7.11. The highest BCUT2D eigenvalue weighted by Crippen LogP contribution is 2.40. The number of amides is 1.